The van der Waals surface area contributed by atoms with Crippen molar-refractivity contribution in [3.63, 3.8) is 0 Å². The van der Waals surface area contributed by atoms with Crippen LogP contribution in [0.2, 0.25) is 0 Å². The van der Waals surface area contributed by atoms with Crippen LogP contribution in [0.5, 0.6) is 5.75 Å². The predicted molar refractivity (Wildman–Crippen MR) is 79.7 cm³/mol. The average molecular weight is 365 g/mol. The van der Waals surface area contributed by atoms with Crippen molar-refractivity contribution in [1.82, 2.24) is 5.32 Å². The van der Waals surface area contributed by atoms with E-state index in [1.807, 2.05) is 18.2 Å². The molecule has 0 radical (unpaired) electrons. The summed E-state index contributed by atoms with van der Waals surface area (Å²) in [5, 5.41) is 3.47. The van der Waals surface area contributed by atoms with Gasteiger partial charge in [-0.15, -0.1) is 0 Å². The molecule has 0 aliphatic heterocycles. The summed E-state index contributed by atoms with van der Waals surface area (Å²) >= 11 is 6.96. The lowest BCUT2D eigenvalue weighted by molar-refractivity contribution is 0.299. The summed E-state index contributed by atoms with van der Waals surface area (Å²) in [6, 6.07) is 6.54. The van der Waals surface area contributed by atoms with E-state index in [2.05, 4.69) is 51.0 Å². The molecular formula is C13H19Br2NO. The Balaban J connectivity index is 2.36. The number of rotatable bonds is 7. The van der Waals surface area contributed by atoms with Gasteiger partial charge in [0.25, 0.3) is 0 Å². The van der Waals surface area contributed by atoms with Crippen molar-refractivity contribution in [2.24, 2.45) is 0 Å². The van der Waals surface area contributed by atoms with Gasteiger partial charge < -0.3 is 10.1 Å². The van der Waals surface area contributed by atoms with Crippen molar-refractivity contribution in [3.8, 4) is 5.75 Å². The minimum atomic E-state index is 0.598. The van der Waals surface area contributed by atoms with E-state index in [0.717, 1.165) is 34.1 Å². The molecule has 0 unspecified atom stereocenters. The van der Waals surface area contributed by atoms with Gasteiger partial charge >= 0.3 is 0 Å². The largest absolute Gasteiger partial charge is 0.490 e. The highest BCUT2D eigenvalue weighted by molar-refractivity contribution is 9.11. The first-order chi connectivity index (χ1) is 8.19. The van der Waals surface area contributed by atoms with Gasteiger partial charge in [-0.1, -0.05) is 19.9 Å². The summed E-state index contributed by atoms with van der Waals surface area (Å²) in [6.45, 7) is 5.95. The molecule has 0 fully saturated rings. The molecule has 0 aliphatic rings. The number of ether oxygens (including phenoxy) is 1. The number of hydrogen-bond donors (Lipinski definition) is 1. The van der Waals surface area contributed by atoms with Crippen LogP contribution in [0.25, 0.3) is 0 Å². The molecule has 0 spiro atoms. The van der Waals surface area contributed by atoms with Crippen LogP contribution in [0.3, 0.4) is 0 Å². The summed E-state index contributed by atoms with van der Waals surface area (Å²) in [5.74, 6) is 0.874. The molecule has 0 aromatic heterocycles. The van der Waals surface area contributed by atoms with Crippen molar-refractivity contribution in [2.45, 2.75) is 32.7 Å². The summed E-state index contributed by atoms with van der Waals surface area (Å²) in [5.41, 5.74) is 0. The normalized spacial score (nSPS) is 10.9. The molecule has 2 nitrogen and oxygen atoms in total. The molecule has 96 valence electrons. The zero-order valence-electron chi connectivity index (χ0n) is 10.3. The lowest BCUT2D eigenvalue weighted by atomic mass is 10.2. The Morgan fingerprint density at radius 1 is 1.18 bits per heavy atom. The smallest absolute Gasteiger partial charge is 0.147 e. The monoisotopic (exact) mass is 363 g/mol. The fraction of sp³-hybridized carbons (Fsp3) is 0.538. The van der Waals surface area contributed by atoms with Crippen molar-refractivity contribution in [2.75, 3.05) is 13.2 Å². The molecule has 0 saturated heterocycles. The Kier molecular flexibility index (Phi) is 7.16. The van der Waals surface area contributed by atoms with Gasteiger partial charge in [-0.25, -0.2) is 0 Å². The standard InChI is InChI=1S/C13H19Br2NO/c1-3-10(4-2)16-8-9-17-13-11(14)6-5-7-12(13)15/h5-7,10,16H,3-4,8-9H2,1-2H3. The van der Waals surface area contributed by atoms with Gasteiger partial charge in [0.1, 0.15) is 12.4 Å². The molecule has 1 aromatic carbocycles. The van der Waals surface area contributed by atoms with Crippen molar-refractivity contribution in [3.05, 3.63) is 27.1 Å². The first-order valence-corrected chi connectivity index (χ1v) is 7.57. The van der Waals surface area contributed by atoms with E-state index in [1.54, 1.807) is 0 Å². The lowest BCUT2D eigenvalue weighted by Crippen LogP contribution is -2.31. The Morgan fingerprint density at radius 2 is 1.76 bits per heavy atom. The highest BCUT2D eigenvalue weighted by Gasteiger charge is 2.06. The fourth-order valence-corrected chi connectivity index (χ4v) is 2.84. The van der Waals surface area contributed by atoms with E-state index in [0.29, 0.717) is 12.6 Å². The number of nitrogens with one attached hydrogen (secondary N) is 1. The number of para-hydroxylation sites is 1. The van der Waals surface area contributed by atoms with Crippen LogP contribution in [0.15, 0.2) is 27.1 Å². The molecule has 0 saturated carbocycles. The molecule has 4 heteroatoms. The number of halogens is 2. The molecule has 0 amide bonds. The van der Waals surface area contributed by atoms with Crippen LogP contribution < -0.4 is 10.1 Å². The maximum atomic E-state index is 5.75. The Bertz CT molecular complexity index is 320. The predicted octanol–water partition coefficient (Wildman–Crippen LogP) is 4.37. The minimum Gasteiger partial charge on any atom is -0.490 e. The van der Waals surface area contributed by atoms with Gasteiger partial charge in [0, 0.05) is 12.6 Å². The zero-order chi connectivity index (χ0) is 12.7. The summed E-state index contributed by atoms with van der Waals surface area (Å²) in [7, 11) is 0. The van der Waals surface area contributed by atoms with Crippen molar-refractivity contribution >= 4 is 31.9 Å². The topological polar surface area (TPSA) is 21.3 Å². The molecule has 1 aromatic rings. The van der Waals surface area contributed by atoms with Crippen LogP contribution in [0, 0.1) is 0 Å². The third kappa shape index (κ3) is 4.98. The Labute approximate surface area is 120 Å². The number of benzene rings is 1. The van der Waals surface area contributed by atoms with Gasteiger partial charge in [-0.2, -0.15) is 0 Å². The second kappa shape index (κ2) is 8.11. The maximum Gasteiger partial charge on any atom is 0.147 e. The number of hydrogen-bond acceptors (Lipinski definition) is 2. The first kappa shape index (κ1) is 15.0. The van der Waals surface area contributed by atoms with E-state index in [1.165, 1.54) is 0 Å². The van der Waals surface area contributed by atoms with E-state index < -0.39 is 0 Å². The SMILES string of the molecule is CCC(CC)NCCOc1c(Br)cccc1Br. The lowest BCUT2D eigenvalue weighted by Gasteiger charge is -2.15. The van der Waals surface area contributed by atoms with E-state index >= 15 is 0 Å². The van der Waals surface area contributed by atoms with Crippen LogP contribution in [-0.2, 0) is 0 Å². The quantitative estimate of drug-likeness (QED) is 0.725. The van der Waals surface area contributed by atoms with Gasteiger partial charge in [0.2, 0.25) is 0 Å². The van der Waals surface area contributed by atoms with E-state index in [-0.39, 0.29) is 0 Å². The minimum absolute atomic E-state index is 0.598. The molecule has 0 heterocycles. The molecule has 1 rings (SSSR count). The van der Waals surface area contributed by atoms with Gasteiger partial charge in [-0.05, 0) is 56.8 Å². The van der Waals surface area contributed by atoms with Crippen molar-refractivity contribution < 1.29 is 4.74 Å². The van der Waals surface area contributed by atoms with E-state index in [9.17, 15) is 0 Å². The highest BCUT2D eigenvalue weighted by Crippen LogP contribution is 2.32. The first-order valence-electron chi connectivity index (χ1n) is 5.99. The highest BCUT2D eigenvalue weighted by atomic mass is 79.9. The summed E-state index contributed by atoms with van der Waals surface area (Å²) < 4.78 is 7.71. The molecule has 1 N–H and O–H groups in total. The molecule has 17 heavy (non-hydrogen) atoms. The summed E-state index contributed by atoms with van der Waals surface area (Å²) in [4.78, 5) is 0. The second-order valence-corrected chi connectivity index (χ2v) is 5.58. The van der Waals surface area contributed by atoms with E-state index in [4.69, 9.17) is 4.74 Å². The second-order valence-electron chi connectivity index (χ2n) is 3.87. The molecule has 0 bridgehead atoms. The van der Waals surface area contributed by atoms with Gasteiger partial charge in [0.15, 0.2) is 0 Å². The van der Waals surface area contributed by atoms with Crippen LogP contribution in [0.4, 0.5) is 0 Å². The van der Waals surface area contributed by atoms with Gasteiger partial charge in [-0.3, -0.25) is 0 Å². The zero-order valence-corrected chi connectivity index (χ0v) is 13.5. The molecule has 0 atom stereocenters. The maximum absolute atomic E-state index is 5.75. The van der Waals surface area contributed by atoms with Gasteiger partial charge in [0.05, 0.1) is 8.95 Å². The molecular weight excluding hydrogens is 346 g/mol. The third-order valence-electron chi connectivity index (χ3n) is 2.69. The Morgan fingerprint density at radius 3 is 2.29 bits per heavy atom. The van der Waals surface area contributed by atoms with Crippen LogP contribution in [0.1, 0.15) is 26.7 Å². The third-order valence-corrected chi connectivity index (χ3v) is 3.93. The average Bonchev–Trinajstić information content (AvgIpc) is 2.32. The summed E-state index contributed by atoms with van der Waals surface area (Å²) in [6.07, 6.45) is 2.32. The molecule has 0 aliphatic carbocycles. The Hall–Kier alpha value is -0.0600. The van der Waals surface area contributed by atoms with Crippen LogP contribution in [-0.4, -0.2) is 19.2 Å². The fourth-order valence-electron chi connectivity index (χ4n) is 1.61. The van der Waals surface area contributed by atoms with Crippen molar-refractivity contribution in [1.29, 1.82) is 0 Å². The van der Waals surface area contributed by atoms with Crippen LogP contribution >= 0.6 is 31.9 Å².